The Kier molecular flexibility index (Phi) is 5.15. The van der Waals surface area contributed by atoms with Crippen LogP contribution in [0.4, 0.5) is 0 Å². The zero-order valence-corrected chi connectivity index (χ0v) is 9.68. The predicted octanol–water partition coefficient (Wildman–Crippen LogP) is 2.42. The highest BCUT2D eigenvalue weighted by Gasteiger charge is 2.11. The third-order valence-corrected chi connectivity index (χ3v) is 3.06. The van der Waals surface area contributed by atoms with E-state index in [1.165, 1.54) is 4.88 Å². The first kappa shape index (κ1) is 11.7. The second kappa shape index (κ2) is 6.17. The fourth-order valence-electron chi connectivity index (χ4n) is 1.34. The van der Waals surface area contributed by atoms with Crippen LogP contribution < -0.4 is 5.32 Å². The third-order valence-electron chi connectivity index (χ3n) is 2.08. The molecule has 1 atom stereocenters. The van der Waals surface area contributed by atoms with Crippen molar-refractivity contribution in [2.45, 2.75) is 26.3 Å². The lowest BCUT2D eigenvalue weighted by Gasteiger charge is -2.17. The molecule has 3 heteroatoms. The van der Waals surface area contributed by atoms with Crippen LogP contribution in [-0.2, 0) is 0 Å². The van der Waals surface area contributed by atoms with E-state index in [0.29, 0.717) is 12.0 Å². The zero-order chi connectivity index (χ0) is 10.4. The van der Waals surface area contributed by atoms with Crippen LogP contribution in [0.1, 0.15) is 31.2 Å². The summed E-state index contributed by atoms with van der Waals surface area (Å²) in [4.78, 5) is 1.32. The van der Waals surface area contributed by atoms with Crippen LogP contribution in [-0.4, -0.2) is 18.3 Å². The number of thiophene rings is 1. The van der Waals surface area contributed by atoms with Crippen molar-refractivity contribution in [1.29, 1.82) is 0 Å². The first-order valence-electron chi connectivity index (χ1n) is 5.11. The van der Waals surface area contributed by atoms with Gasteiger partial charge in [-0.15, -0.1) is 11.3 Å². The minimum atomic E-state index is 0.244. The van der Waals surface area contributed by atoms with E-state index in [9.17, 15) is 0 Å². The third kappa shape index (κ3) is 3.78. The second-order valence-corrected chi connectivity index (χ2v) is 4.86. The quantitative estimate of drug-likeness (QED) is 0.760. The maximum Gasteiger partial charge on any atom is 0.0449 e. The van der Waals surface area contributed by atoms with Gasteiger partial charge in [-0.05, 0) is 30.3 Å². The Morgan fingerprint density at radius 2 is 2.29 bits per heavy atom. The summed E-state index contributed by atoms with van der Waals surface area (Å²) in [5.41, 5.74) is 0. The first-order valence-corrected chi connectivity index (χ1v) is 5.99. The molecular weight excluding hydrogens is 194 g/mol. The molecule has 0 saturated heterocycles. The number of hydrogen-bond donors (Lipinski definition) is 2. The van der Waals surface area contributed by atoms with Gasteiger partial charge in [-0.25, -0.2) is 0 Å². The molecule has 0 fully saturated rings. The molecule has 2 nitrogen and oxygen atoms in total. The molecule has 1 rings (SSSR count). The minimum absolute atomic E-state index is 0.244. The molecule has 0 aromatic carbocycles. The fraction of sp³-hybridized carbons (Fsp3) is 0.636. The molecule has 0 aliphatic rings. The van der Waals surface area contributed by atoms with Crippen molar-refractivity contribution >= 4 is 11.3 Å². The van der Waals surface area contributed by atoms with Crippen LogP contribution in [0.2, 0.25) is 0 Å². The average molecular weight is 213 g/mol. The van der Waals surface area contributed by atoms with Gasteiger partial charge in [0.05, 0.1) is 0 Å². The molecular formula is C11H19NOS. The van der Waals surface area contributed by atoms with Gasteiger partial charge in [-0.2, -0.15) is 0 Å². The van der Waals surface area contributed by atoms with Crippen molar-refractivity contribution in [3.63, 3.8) is 0 Å². The molecule has 0 aliphatic carbocycles. The fourth-order valence-corrected chi connectivity index (χ4v) is 2.18. The minimum Gasteiger partial charge on any atom is -0.396 e. The lowest BCUT2D eigenvalue weighted by atomic mass is 10.1. The van der Waals surface area contributed by atoms with Crippen molar-refractivity contribution in [2.24, 2.45) is 5.92 Å². The van der Waals surface area contributed by atoms with Crippen LogP contribution in [0.15, 0.2) is 17.5 Å². The van der Waals surface area contributed by atoms with E-state index in [-0.39, 0.29) is 6.61 Å². The van der Waals surface area contributed by atoms with Crippen molar-refractivity contribution in [3.8, 4) is 0 Å². The number of hydrogen-bond acceptors (Lipinski definition) is 3. The average Bonchev–Trinajstić information content (AvgIpc) is 2.64. The van der Waals surface area contributed by atoms with Crippen LogP contribution in [0.5, 0.6) is 0 Å². The number of aliphatic hydroxyl groups excluding tert-OH is 1. The van der Waals surface area contributed by atoms with Gasteiger partial charge < -0.3 is 10.4 Å². The number of nitrogens with one attached hydrogen (secondary N) is 1. The van der Waals surface area contributed by atoms with Crippen molar-refractivity contribution in [3.05, 3.63) is 22.4 Å². The highest BCUT2D eigenvalue weighted by atomic mass is 32.1. The molecule has 1 unspecified atom stereocenters. The van der Waals surface area contributed by atoms with E-state index in [1.807, 2.05) is 0 Å². The standard InChI is InChI=1S/C11H19NOS/c1-9(2)8-12-10(5-6-13)11-4-3-7-14-11/h3-4,7,9-10,12-13H,5-6,8H2,1-2H3. The summed E-state index contributed by atoms with van der Waals surface area (Å²) in [5.74, 6) is 0.649. The van der Waals surface area contributed by atoms with E-state index >= 15 is 0 Å². The monoisotopic (exact) mass is 213 g/mol. The Morgan fingerprint density at radius 1 is 1.50 bits per heavy atom. The first-order chi connectivity index (χ1) is 6.74. The molecule has 0 spiro atoms. The van der Waals surface area contributed by atoms with Crippen molar-refractivity contribution in [1.82, 2.24) is 5.32 Å². The smallest absolute Gasteiger partial charge is 0.0449 e. The second-order valence-electron chi connectivity index (χ2n) is 3.88. The Bertz CT molecular complexity index is 233. The Labute approximate surface area is 90.0 Å². The summed E-state index contributed by atoms with van der Waals surface area (Å²) in [7, 11) is 0. The summed E-state index contributed by atoms with van der Waals surface area (Å²) < 4.78 is 0. The largest absolute Gasteiger partial charge is 0.396 e. The van der Waals surface area contributed by atoms with Crippen LogP contribution in [0, 0.1) is 5.92 Å². The Balaban J connectivity index is 2.47. The number of aliphatic hydroxyl groups is 1. The van der Waals surface area contributed by atoms with E-state index in [4.69, 9.17) is 5.11 Å². The topological polar surface area (TPSA) is 32.3 Å². The van der Waals surface area contributed by atoms with E-state index in [1.54, 1.807) is 11.3 Å². The van der Waals surface area contributed by atoms with Gasteiger partial charge in [0.1, 0.15) is 0 Å². The van der Waals surface area contributed by atoms with Gasteiger partial charge >= 0.3 is 0 Å². The van der Waals surface area contributed by atoms with Crippen LogP contribution in [0.3, 0.4) is 0 Å². The van der Waals surface area contributed by atoms with E-state index in [2.05, 4.69) is 36.7 Å². The lowest BCUT2D eigenvalue weighted by Crippen LogP contribution is -2.25. The molecule has 80 valence electrons. The molecule has 0 bridgehead atoms. The van der Waals surface area contributed by atoms with Gasteiger partial charge in [-0.1, -0.05) is 19.9 Å². The molecule has 1 heterocycles. The van der Waals surface area contributed by atoms with Crippen LogP contribution in [0.25, 0.3) is 0 Å². The molecule has 2 N–H and O–H groups in total. The molecule has 0 radical (unpaired) electrons. The van der Waals surface area contributed by atoms with Gasteiger partial charge in [0.2, 0.25) is 0 Å². The Morgan fingerprint density at radius 3 is 2.79 bits per heavy atom. The predicted molar refractivity (Wildman–Crippen MR) is 61.6 cm³/mol. The summed E-state index contributed by atoms with van der Waals surface area (Å²) in [6, 6.07) is 4.50. The molecule has 0 saturated carbocycles. The van der Waals surface area contributed by atoms with E-state index < -0.39 is 0 Å². The molecule has 1 aromatic rings. The van der Waals surface area contributed by atoms with Gasteiger partial charge in [0.15, 0.2) is 0 Å². The normalized spacial score (nSPS) is 13.4. The highest BCUT2D eigenvalue weighted by Crippen LogP contribution is 2.21. The van der Waals surface area contributed by atoms with E-state index in [0.717, 1.165) is 13.0 Å². The summed E-state index contributed by atoms with van der Waals surface area (Å²) in [5, 5.41) is 14.5. The summed E-state index contributed by atoms with van der Waals surface area (Å²) in [6.45, 7) is 5.63. The molecule has 1 aromatic heterocycles. The summed E-state index contributed by atoms with van der Waals surface area (Å²) >= 11 is 1.75. The van der Waals surface area contributed by atoms with Crippen molar-refractivity contribution < 1.29 is 5.11 Å². The summed E-state index contributed by atoms with van der Waals surface area (Å²) in [6.07, 6.45) is 0.799. The Hall–Kier alpha value is -0.380. The van der Waals surface area contributed by atoms with Crippen molar-refractivity contribution in [2.75, 3.05) is 13.2 Å². The molecule has 14 heavy (non-hydrogen) atoms. The van der Waals surface area contributed by atoms with Gasteiger partial charge in [0, 0.05) is 17.5 Å². The molecule has 0 aliphatic heterocycles. The highest BCUT2D eigenvalue weighted by molar-refractivity contribution is 7.10. The maximum atomic E-state index is 8.97. The zero-order valence-electron chi connectivity index (χ0n) is 8.86. The maximum absolute atomic E-state index is 8.97. The van der Waals surface area contributed by atoms with Gasteiger partial charge in [0.25, 0.3) is 0 Å². The SMILES string of the molecule is CC(C)CNC(CCO)c1cccs1. The lowest BCUT2D eigenvalue weighted by molar-refractivity contribution is 0.264. The molecule has 0 amide bonds. The number of rotatable bonds is 6. The van der Waals surface area contributed by atoms with Crippen LogP contribution >= 0.6 is 11.3 Å². The van der Waals surface area contributed by atoms with Gasteiger partial charge in [-0.3, -0.25) is 0 Å².